The summed E-state index contributed by atoms with van der Waals surface area (Å²) in [6, 6.07) is 8.99. The van der Waals surface area contributed by atoms with Gasteiger partial charge >= 0.3 is 0 Å². The lowest BCUT2D eigenvalue weighted by molar-refractivity contribution is 0.277. The predicted octanol–water partition coefficient (Wildman–Crippen LogP) is 3.74. The zero-order valence-electron chi connectivity index (χ0n) is 17.2. The van der Waals surface area contributed by atoms with Gasteiger partial charge in [-0.05, 0) is 44.0 Å². The van der Waals surface area contributed by atoms with Gasteiger partial charge < -0.3 is 10.6 Å². The molecule has 1 saturated heterocycles. The van der Waals surface area contributed by atoms with Gasteiger partial charge in [0.1, 0.15) is 0 Å². The van der Waals surface area contributed by atoms with E-state index < -0.39 is 0 Å². The number of hydrogen-bond acceptors (Lipinski definition) is 4. The van der Waals surface area contributed by atoms with Crippen molar-refractivity contribution in [3.8, 4) is 0 Å². The predicted molar refractivity (Wildman–Crippen MR) is 119 cm³/mol. The summed E-state index contributed by atoms with van der Waals surface area (Å²) in [6.45, 7) is 7.21. The van der Waals surface area contributed by atoms with E-state index in [-0.39, 0.29) is 0 Å². The minimum atomic E-state index is 0.777. The lowest BCUT2D eigenvalue weighted by Gasteiger charge is -2.20. The number of thiazole rings is 1. The van der Waals surface area contributed by atoms with Crippen molar-refractivity contribution in [3.05, 3.63) is 51.5 Å². The SMILES string of the molecule is CN=C(NCCc1csc(C)n1)NCc1ccc(CN2CCCCCC2)cc1. The second-order valence-electron chi connectivity index (χ2n) is 7.47. The van der Waals surface area contributed by atoms with Gasteiger partial charge in [-0.25, -0.2) is 4.98 Å². The van der Waals surface area contributed by atoms with Gasteiger partial charge in [-0.1, -0.05) is 37.1 Å². The minimum absolute atomic E-state index is 0.777. The molecule has 0 atom stereocenters. The van der Waals surface area contributed by atoms with Crippen molar-refractivity contribution in [2.24, 2.45) is 4.99 Å². The number of guanidine groups is 1. The molecule has 1 fully saturated rings. The zero-order chi connectivity index (χ0) is 19.6. The normalized spacial score (nSPS) is 16.0. The highest BCUT2D eigenvalue weighted by Gasteiger charge is 2.09. The van der Waals surface area contributed by atoms with E-state index in [2.05, 4.69) is 55.2 Å². The number of aliphatic imine (C=N–C) groups is 1. The summed E-state index contributed by atoms with van der Waals surface area (Å²) in [5.41, 5.74) is 3.83. The fourth-order valence-corrected chi connectivity index (χ4v) is 4.20. The number of nitrogens with zero attached hydrogens (tertiary/aromatic N) is 3. The van der Waals surface area contributed by atoms with Crippen LogP contribution in [0.1, 0.15) is 47.5 Å². The Balaban J connectivity index is 1.40. The summed E-state index contributed by atoms with van der Waals surface area (Å²) < 4.78 is 0. The average Bonchev–Trinajstić information content (AvgIpc) is 2.96. The number of nitrogens with one attached hydrogen (secondary N) is 2. The van der Waals surface area contributed by atoms with Gasteiger partial charge in [0.25, 0.3) is 0 Å². The standard InChI is InChI=1S/C22H33N5S/c1-18-26-21(17-28-18)11-12-24-22(23-2)25-15-19-7-9-20(10-8-19)16-27-13-5-3-4-6-14-27/h7-10,17H,3-6,11-16H2,1-2H3,(H2,23,24,25). The van der Waals surface area contributed by atoms with Crippen LogP contribution in [0.3, 0.4) is 0 Å². The first-order chi connectivity index (χ1) is 13.7. The zero-order valence-corrected chi connectivity index (χ0v) is 18.0. The molecule has 0 spiro atoms. The maximum absolute atomic E-state index is 4.50. The highest BCUT2D eigenvalue weighted by molar-refractivity contribution is 7.09. The Kier molecular flexibility index (Phi) is 8.30. The van der Waals surface area contributed by atoms with Crippen LogP contribution in [0.2, 0.25) is 0 Å². The van der Waals surface area contributed by atoms with Crippen LogP contribution in [0, 0.1) is 6.92 Å². The third-order valence-corrected chi connectivity index (χ3v) is 5.97. The van der Waals surface area contributed by atoms with Crippen molar-refractivity contribution in [3.63, 3.8) is 0 Å². The topological polar surface area (TPSA) is 52.6 Å². The number of likely N-dealkylation sites (tertiary alicyclic amines) is 1. The molecule has 1 aliphatic rings. The van der Waals surface area contributed by atoms with Crippen LogP contribution in [0.25, 0.3) is 0 Å². The molecule has 28 heavy (non-hydrogen) atoms. The van der Waals surface area contributed by atoms with Crippen molar-refractivity contribution in [1.29, 1.82) is 0 Å². The Morgan fingerprint density at radius 3 is 2.43 bits per heavy atom. The molecule has 2 aromatic rings. The second-order valence-corrected chi connectivity index (χ2v) is 8.53. The van der Waals surface area contributed by atoms with Crippen molar-refractivity contribution >= 4 is 17.3 Å². The quantitative estimate of drug-likeness (QED) is 0.550. The number of aromatic nitrogens is 1. The van der Waals surface area contributed by atoms with E-state index in [1.807, 2.05) is 14.0 Å². The highest BCUT2D eigenvalue weighted by atomic mass is 32.1. The van der Waals surface area contributed by atoms with Crippen molar-refractivity contribution in [1.82, 2.24) is 20.5 Å². The average molecular weight is 400 g/mol. The molecule has 2 heterocycles. The van der Waals surface area contributed by atoms with Gasteiger partial charge in [0.05, 0.1) is 10.7 Å². The van der Waals surface area contributed by atoms with E-state index >= 15 is 0 Å². The van der Waals surface area contributed by atoms with Gasteiger partial charge in [-0.2, -0.15) is 0 Å². The van der Waals surface area contributed by atoms with Gasteiger partial charge in [0.2, 0.25) is 0 Å². The van der Waals surface area contributed by atoms with Crippen molar-refractivity contribution < 1.29 is 0 Å². The second kappa shape index (κ2) is 11.2. The Hall–Kier alpha value is -1.92. The molecule has 1 aliphatic heterocycles. The van der Waals surface area contributed by atoms with Crippen LogP contribution in [-0.2, 0) is 19.5 Å². The first-order valence-corrected chi connectivity index (χ1v) is 11.3. The molecule has 0 radical (unpaired) electrons. The molecule has 5 nitrogen and oxygen atoms in total. The lowest BCUT2D eigenvalue weighted by Crippen LogP contribution is -2.37. The van der Waals surface area contributed by atoms with Gasteiger partial charge in [0, 0.05) is 38.5 Å². The molecule has 0 unspecified atom stereocenters. The molecular weight excluding hydrogens is 366 g/mol. The number of rotatable bonds is 7. The Labute approximate surface area is 173 Å². The molecule has 3 rings (SSSR count). The third kappa shape index (κ3) is 6.91. The van der Waals surface area contributed by atoms with E-state index in [9.17, 15) is 0 Å². The maximum Gasteiger partial charge on any atom is 0.191 e. The third-order valence-electron chi connectivity index (χ3n) is 5.15. The van der Waals surface area contributed by atoms with Crippen LogP contribution in [0.4, 0.5) is 0 Å². The molecule has 2 N–H and O–H groups in total. The first-order valence-electron chi connectivity index (χ1n) is 10.4. The monoisotopic (exact) mass is 399 g/mol. The lowest BCUT2D eigenvalue weighted by atomic mass is 10.1. The smallest absolute Gasteiger partial charge is 0.191 e. The molecule has 0 bridgehead atoms. The number of hydrogen-bond donors (Lipinski definition) is 2. The summed E-state index contributed by atoms with van der Waals surface area (Å²) >= 11 is 1.70. The summed E-state index contributed by atoms with van der Waals surface area (Å²) in [7, 11) is 1.81. The summed E-state index contributed by atoms with van der Waals surface area (Å²) in [5.74, 6) is 0.834. The van der Waals surface area contributed by atoms with Crippen LogP contribution in [0.5, 0.6) is 0 Å². The maximum atomic E-state index is 4.50. The van der Waals surface area contributed by atoms with Crippen LogP contribution in [0.15, 0.2) is 34.6 Å². The van der Waals surface area contributed by atoms with Crippen LogP contribution in [-0.4, -0.2) is 42.5 Å². The number of aryl methyl sites for hydroxylation is 1. The van der Waals surface area contributed by atoms with Crippen molar-refractivity contribution in [2.75, 3.05) is 26.7 Å². The molecular formula is C22H33N5S. The van der Waals surface area contributed by atoms with Crippen molar-refractivity contribution in [2.45, 2.75) is 52.1 Å². The van der Waals surface area contributed by atoms with E-state index in [4.69, 9.17) is 0 Å². The van der Waals surface area contributed by atoms with Gasteiger partial charge in [-0.3, -0.25) is 9.89 Å². The van der Waals surface area contributed by atoms with E-state index in [1.165, 1.54) is 49.9 Å². The fourth-order valence-electron chi connectivity index (χ4n) is 3.55. The van der Waals surface area contributed by atoms with Gasteiger partial charge in [0.15, 0.2) is 5.96 Å². The minimum Gasteiger partial charge on any atom is -0.356 e. The summed E-state index contributed by atoms with van der Waals surface area (Å²) in [6.07, 6.45) is 6.38. The first kappa shape index (κ1) is 20.8. The Morgan fingerprint density at radius 2 is 1.79 bits per heavy atom. The molecule has 0 saturated carbocycles. The highest BCUT2D eigenvalue weighted by Crippen LogP contribution is 2.14. The molecule has 1 aromatic heterocycles. The van der Waals surface area contributed by atoms with Crippen LogP contribution >= 0.6 is 11.3 Å². The van der Waals surface area contributed by atoms with Crippen LogP contribution < -0.4 is 10.6 Å². The summed E-state index contributed by atoms with van der Waals surface area (Å²) in [5, 5.41) is 10.0. The fraction of sp³-hybridized carbons (Fsp3) is 0.545. The number of benzene rings is 1. The van der Waals surface area contributed by atoms with E-state index in [0.717, 1.165) is 42.7 Å². The van der Waals surface area contributed by atoms with Gasteiger partial charge in [-0.15, -0.1) is 11.3 Å². The largest absolute Gasteiger partial charge is 0.356 e. The van der Waals surface area contributed by atoms with E-state index in [1.54, 1.807) is 11.3 Å². The molecule has 152 valence electrons. The molecule has 6 heteroatoms. The Bertz CT molecular complexity index is 730. The van der Waals surface area contributed by atoms with E-state index in [0.29, 0.717) is 0 Å². The molecule has 1 aromatic carbocycles. The Morgan fingerprint density at radius 1 is 1.07 bits per heavy atom. The summed E-state index contributed by atoms with van der Waals surface area (Å²) in [4.78, 5) is 11.4. The molecule has 0 amide bonds. The molecule has 0 aliphatic carbocycles.